The fourth-order valence-electron chi connectivity index (χ4n) is 1.19. The van der Waals surface area contributed by atoms with Crippen molar-refractivity contribution < 1.29 is 4.52 Å². The molecule has 0 radical (unpaired) electrons. The van der Waals surface area contributed by atoms with Crippen molar-refractivity contribution in [3.8, 4) is 0 Å². The van der Waals surface area contributed by atoms with Crippen molar-refractivity contribution in [2.45, 2.75) is 47.1 Å². The number of nitrogens with one attached hydrogen (secondary N) is 1. The fraction of sp³-hybridized carbons (Fsp3) is 0.692. The average molecular weight is 274 g/mol. The van der Waals surface area contributed by atoms with Crippen LogP contribution in [0.3, 0.4) is 0 Å². The van der Waals surface area contributed by atoms with Crippen LogP contribution in [0, 0.1) is 5.41 Å². The molecule has 0 saturated heterocycles. The van der Waals surface area contributed by atoms with Crippen LogP contribution >= 0.6 is 12.4 Å². The van der Waals surface area contributed by atoms with Gasteiger partial charge in [0.2, 0.25) is 0 Å². The molecule has 4 nitrogen and oxygen atoms in total. The SMILES string of the molecule is CNC(C)Cc1noc(/C=C(/C)C(C)(C)C)n1.Cl. The van der Waals surface area contributed by atoms with Gasteiger partial charge < -0.3 is 9.84 Å². The third-order valence-electron chi connectivity index (χ3n) is 2.99. The predicted molar refractivity (Wildman–Crippen MR) is 76.9 cm³/mol. The first kappa shape index (κ1) is 17.1. The Balaban J connectivity index is 0.00000289. The lowest BCUT2D eigenvalue weighted by Gasteiger charge is -2.18. The Morgan fingerprint density at radius 1 is 1.44 bits per heavy atom. The summed E-state index contributed by atoms with van der Waals surface area (Å²) in [5.74, 6) is 1.34. The van der Waals surface area contributed by atoms with E-state index in [-0.39, 0.29) is 17.8 Å². The minimum Gasteiger partial charge on any atom is -0.335 e. The molecule has 1 unspecified atom stereocenters. The summed E-state index contributed by atoms with van der Waals surface area (Å²) in [4.78, 5) is 4.36. The average Bonchev–Trinajstić information content (AvgIpc) is 2.64. The van der Waals surface area contributed by atoms with Crippen LogP contribution < -0.4 is 5.32 Å². The van der Waals surface area contributed by atoms with E-state index in [0.717, 1.165) is 12.2 Å². The molecule has 5 heteroatoms. The molecule has 104 valence electrons. The summed E-state index contributed by atoms with van der Waals surface area (Å²) >= 11 is 0. The first-order valence-corrected chi connectivity index (χ1v) is 6.01. The van der Waals surface area contributed by atoms with E-state index in [4.69, 9.17) is 4.52 Å². The first-order chi connectivity index (χ1) is 7.82. The number of nitrogens with zero attached hydrogens (tertiary/aromatic N) is 2. The van der Waals surface area contributed by atoms with Crippen molar-refractivity contribution in [2.24, 2.45) is 5.41 Å². The van der Waals surface area contributed by atoms with Crippen LogP contribution in [0.15, 0.2) is 10.1 Å². The van der Waals surface area contributed by atoms with Crippen molar-refractivity contribution in [2.75, 3.05) is 7.05 Å². The summed E-state index contributed by atoms with van der Waals surface area (Å²) in [5, 5.41) is 7.12. The Kier molecular flexibility index (Phi) is 6.57. The molecule has 0 bridgehead atoms. The molecule has 0 saturated carbocycles. The molecule has 18 heavy (non-hydrogen) atoms. The maximum absolute atomic E-state index is 5.21. The van der Waals surface area contributed by atoms with Crippen molar-refractivity contribution in [1.82, 2.24) is 15.5 Å². The standard InChI is InChI=1S/C13H23N3O.ClH/c1-9(13(3,4)5)7-12-15-11(16-17-12)8-10(2)14-6;/h7,10,14H,8H2,1-6H3;1H/b9-7-;. The van der Waals surface area contributed by atoms with Gasteiger partial charge in [-0.25, -0.2) is 0 Å². The van der Waals surface area contributed by atoms with Gasteiger partial charge >= 0.3 is 0 Å². The van der Waals surface area contributed by atoms with E-state index >= 15 is 0 Å². The molecule has 1 aromatic rings. The zero-order valence-corrected chi connectivity index (χ0v) is 12.9. The number of rotatable bonds is 4. The lowest BCUT2D eigenvalue weighted by molar-refractivity contribution is 0.398. The van der Waals surface area contributed by atoms with Gasteiger partial charge in [0.25, 0.3) is 5.89 Å². The molecular formula is C13H24ClN3O. The highest BCUT2D eigenvalue weighted by molar-refractivity contribution is 5.85. The third kappa shape index (κ3) is 5.19. The topological polar surface area (TPSA) is 51.0 Å². The number of likely N-dealkylation sites (N-methyl/N-ethyl adjacent to an activating group) is 1. The molecule has 0 aliphatic carbocycles. The molecule has 1 heterocycles. The number of halogens is 1. The summed E-state index contributed by atoms with van der Waals surface area (Å²) in [6.45, 7) is 10.7. The van der Waals surface area contributed by atoms with E-state index in [1.54, 1.807) is 0 Å². The summed E-state index contributed by atoms with van der Waals surface area (Å²) in [7, 11) is 1.93. The van der Waals surface area contributed by atoms with Gasteiger partial charge in [-0.15, -0.1) is 12.4 Å². The van der Waals surface area contributed by atoms with Crippen molar-refractivity contribution in [3.05, 3.63) is 17.3 Å². The maximum Gasteiger partial charge on any atom is 0.250 e. The van der Waals surface area contributed by atoms with Gasteiger partial charge in [-0.1, -0.05) is 31.5 Å². The number of hydrogen-bond donors (Lipinski definition) is 1. The van der Waals surface area contributed by atoms with Crippen LogP contribution in [0.4, 0.5) is 0 Å². The van der Waals surface area contributed by atoms with Gasteiger partial charge in [0.05, 0.1) is 0 Å². The van der Waals surface area contributed by atoms with Crippen LogP contribution in [0.5, 0.6) is 0 Å². The molecule has 0 aromatic carbocycles. The van der Waals surface area contributed by atoms with Crippen LogP contribution in [-0.4, -0.2) is 23.2 Å². The van der Waals surface area contributed by atoms with Crippen molar-refractivity contribution in [1.29, 1.82) is 0 Å². The highest BCUT2D eigenvalue weighted by Crippen LogP contribution is 2.25. The molecular weight excluding hydrogens is 250 g/mol. The molecule has 1 aromatic heterocycles. The summed E-state index contributed by atoms with van der Waals surface area (Å²) in [5.41, 5.74) is 1.36. The zero-order valence-electron chi connectivity index (χ0n) is 12.1. The Morgan fingerprint density at radius 3 is 2.56 bits per heavy atom. The molecule has 0 amide bonds. The second kappa shape index (κ2) is 6.90. The van der Waals surface area contributed by atoms with E-state index < -0.39 is 0 Å². The number of aromatic nitrogens is 2. The predicted octanol–water partition coefficient (Wildman–Crippen LogP) is 3.09. The van der Waals surface area contributed by atoms with Crippen molar-refractivity contribution >= 4 is 18.5 Å². The zero-order chi connectivity index (χ0) is 13.1. The summed E-state index contributed by atoms with van der Waals surface area (Å²) in [6, 6.07) is 0.355. The van der Waals surface area contributed by atoms with Crippen LogP contribution in [0.25, 0.3) is 6.08 Å². The Bertz CT molecular complexity index is 393. The molecule has 1 N–H and O–H groups in total. The van der Waals surface area contributed by atoms with E-state index in [2.05, 4.69) is 50.1 Å². The van der Waals surface area contributed by atoms with E-state index in [0.29, 0.717) is 11.9 Å². The monoisotopic (exact) mass is 273 g/mol. The quantitative estimate of drug-likeness (QED) is 0.916. The summed E-state index contributed by atoms with van der Waals surface area (Å²) in [6.07, 6.45) is 2.74. The lowest BCUT2D eigenvalue weighted by atomic mass is 9.87. The third-order valence-corrected chi connectivity index (χ3v) is 2.99. The molecule has 1 atom stereocenters. The normalized spacial score (nSPS) is 14.2. The van der Waals surface area contributed by atoms with E-state index in [1.165, 1.54) is 5.57 Å². The van der Waals surface area contributed by atoms with Crippen molar-refractivity contribution in [3.63, 3.8) is 0 Å². The first-order valence-electron chi connectivity index (χ1n) is 6.01. The molecule has 0 fully saturated rings. The second-order valence-electron chi connectivity index (χ2n) is 5.52. The van der Waals surface area contributed by atoms with Gasteiger partial charge in [-0.2, -0.15) is 4.98 Å². The molecule has 0 aliphatic heterocycles. The highest BCUT2D eigenvalue weighted by Gasteiger charge is 2.14. The molecule has 0 spiro atoms. The second-order valence-corrected chi connectivity index (χ2v) is 5.52. The molecule has 1 rings (SSSR count). The van der Waals surface area contributed by atoms with Gasteiger partial charge in [0.1, 0.15) is 0 Å². The Hall–Kier alpha value is -0.870. The van der Waals surface area contributed by atoms with Crippen LogP contribution in [0.1, 0.15) is 46.3 Å². The van der Waals surface area contributed by atoms with Crippen LogP contribution in [0.2, 0.25) is 0 Å². The van der Waals surface area contributed by atoms with E-state index in [9.17, 15) is 0 Å². The number of hydrogen-bond acceptors (Lipinski definition) is 4. The fourth-order valence-corrected chi connectivity index (χ4v) is 1.19. The minimum atomic E-state index is 0. The summed E-state index contributed by atoms with van der Waals surface area (Å²) < 4.78 is 5.21. The Labute approximate surface area is 116 Å². The van der Waals surface area contributed by atoms with E-state index in [1.807, 2.05) is 13.1 Å². The smallest absolute Gasteiger partial charge is 0.250 e. The highest BCUT2D eigenvalue weighted by atomic mass is 35.5. The molecule has 0 aliphatic rings. The minimum absolute atomic E-state index is 0. The lowest BCUT2D eigenvalue weighted by Crippen LogP contribution is -2.24. The van der Waals surface area contributed by atoms with Crippen LogP contribution in [-0.2, 0) is 6.42 Å². The maximum atomic E-state index is 5.21. The van der Waals surface area contributed by atoms with Gasteiger partial charge in [0.15, 0.2) is 5.82 Å². The largest absolute Gasteiger partial charge is 0.335 e. The van der Waals surface area contributed by atoms with Gasteiger partial charge in [0, 0.05) is 18.5 Å². The Morgan fingerprint density at radius 2 is 2.06 bits per heavy atom. The number of allylic oxidation sites excluding steroid dienone is 1. The van der Waals surface area contributed by atoms with Gasteiger partial charge in [-0.05, 0) is 26.3 Å². The van der Waals surface area contributed by atoms with Gasteiger partial charge in [-0.3, -0.25) is 0 Å².